The predicted octanol–water partition coefficient (Wildman–Crippen LogP) is 5.10. The van der Waals surface area contributed by atoms with Gasteiger partial charge in [-0.1, -0.05) is 29.5 Å². The fourth-order valence-corrected chi connectivity index (χ4v) is 3.34. The lowest BCUT2D eigenvalue weighted by Gasteiger charge is -2.02. The Balaban J connectivity index is 1.56. The molecule has 0 atom stereocenters. The summed E-state index contributed by atoms with van der Waals surface area (Å²) in [4.78, 5) is 16.9. The minimum absolute atomic E-state index is 0.283. The highest BCUT2D eigenvalue weighted by molar-refractivity contribution is 7.22. The summed E-state index contributed by atoms with van der Waals surface area (Å²) in [5.41, 5.74) is 6.08. The monoisotopic (exact) mass is 364 g/mol. The number of para-hydroxylation sites is 1. The Labute approximate surface area is 153 Å². The molecule has 0 saturated heterocycles. The van der Waals surface area contributed by atoms with Gasteiger partial charge in [0.2, 0.25) is 5.13 Å². The molecule has 0 saturated carbocycles. The van der Waals surface area contributed by atoms with Crippen LogP contribution in [0, 0.1) is 0 Å². The summed E-state index contributed by atoms with van der Waals surface area (Å²) < 4.78 is 6.56. The van der Waals surface area contributed by atoms with Crippen molar-refractivity contribution in [2.45, 2.75) is 13.8 Å². The first-order valence-corrected chi connectivity index (χ1v) is 8.87. The lowest BCUT2D eigenvalue weighted by molar-refractivity contribution is 0.0998. The highest BCUT2D eigenvalue weighted by atomic mass is 32.1. The van der Waals surface area contributed by atoms with E-state index in [0.29, 0.717) is 16.4 Å². The highest BCUT2D eigenvalue weighted by Crippen LogP contribution is 2.29. The smallest absolute Gasteiger partial charge is 0.291 e. The van der Waals surface area contributed by atoms with Crippen LogP contribution in [-0.4, -0.2) is 16.6 Å². The Morgan fingerprint density at radius 1 is 1.15 bits per heavy atom. The Kier molecular flexibility index (Phi) is 4.14. The number of fused-ring (bicyclic) bond motifs is 2. The zero-order valence-corrected chi connectivity index (χ0v) is 15.1. The van der Waals surface area contributed by atoms with Crippen molar-refractivity contribution in [2.75, 3.05) is 10.7 Å². The van der Waals surface area contributed by atoms with E-state index in [-0.39, 0.29) is 11.7 Å². The van der Waals surface area contributed by atoms with Crippen LogP contribution in [-0.2, 0) is 0 Å². The molecule has 1 amide bonds. The second-order valence-corrected chi connectivity index (χ2v) is 7.01. The number of carbonyl (C=O) groups excluding carboxylic acids is 1. The van der Waals surface area contributed by atoms with Gasteiger partial charge in [-0.15, -0.1) is 0 Å². The quantitative estimate of drug-likeness (QED) is 0.390. The third kappa shape index (κ3) is 3.29. The summed E-state index contributed by atoms with van der Waals surface area (Å²) in [5.74, 6) is 0.000312. The molecule has 4 aromatic rings. The Bertz CT molecular complexity index is 1110. The van der Waals surface area contributed by atoms with Gasteiger partial charge in [-0.3, -0.25) is 10.2 Å². The van der Waals surface area contributed by atoms with Crippen LogP contribution < -0.4 is 10.7 Å². The zero-order valence-electron chi connectivity index (χ0n) is 14.2. The van der Waals surface area contributed by atoms with Crippen LogP contribution in [0.5, 0.6) is 0 Å². The van der Waals surface area contributed by atoms with Crippen molar-refractivity contribution >= 4 is 55.0 Å². The number of nitrogens with zero attached hydrogens (tertiary/aromatic N) is 2. The van der Waals surface area contributed by atoms with Crippen LogP contribution in [0.2, 0.25) is 0 Å². The molecule has 2 N–H and O–H groups in total. The lowest BCUT2D eigenvalue weighted by Crippen LogP contribution is -2.10. The average molecular weight is 364 g/mol. The number of rotatable bonds is 4. The predicted molar refractivity (Wildman–Crippen MR) is 106 cm³/mol. The van der Waals surface area contributed by atoms with E-state index in [0.717, 1.165) is 21.3 Å². The normalized spacial score (nSPS) is 10.8. The van der Waals surface area contributed by atoms with Crippen LogP contribution in [0.15, 0.2) is 58.0 Å². The lowest BCUT2D eigenvalue weighted by atomic mass is 10.2. The molecular formula is C19H16N4O2S. The van der Waals surface area contributed by atoms with Crippen molar-refractivity contribution in [3.05, 3.63) is 54.3 Å². The molecule has 7 heteroatoms. The molecule has 0 unspecified atom stereocenters. The number of carbonyl (C=O) groups is 1. The summed E-state index contributed by atoms with van der Waals surface area (Å²) in [6.07, 6.45) is 0. The second kappa shape index (κ2) is 6.61. The van der Waals surface area contributed by atoms with Crippen molar-refractivity contribution in [2.24, 2.45) is 5.10 Å². The molecule has 0 radical (unpaired) electrons. The highest BCUT2D eigenvalue weighted by Gasteiger charge is 2.13. The van der Waals surface area contributed by atoms with Crippen LogP contribution in [0.3, 0.4) is 0 Å². The molecule has 0 aliphatic rings. The molecular weight excluding hydrogens is 348 g/mol. The number of furan rings is 1. The number of amides is 1. The van der Waals surface area contributed by atoms with Gasteiger partial charge < -0.3 is 9.73 Å². The number of hydrazone groups is 1. The molecule has 2 aromatic heterocycles. The molecule has 2 aromatic carbocycles. The minimum atomic E-state index is -0.283. The van der Waals surface area contributed by atoms with E-state index in [1.54, 1.807) is 6.07 Å². The number of benzene rings is 2. The summed E-state index contributed by atoms with van der Waals surface area (Å²) in [5, 5.41) is 8.63. The van der Waals surface area contributed by atoms with Crippen molar-refractivity contribution in [1.29, 1.82) is 0 Å². The second-order valence-electron chi connectivity index (χ2n) is 5.97. The maximum Gasteiger partial charge on any atom is 0.291 e. The van der Waals surface area contributed by atoms with Crippen LogP contribution in [0.25, 0.3) is 21.2 Å². The molecule has 2 heterocycles. The average Bonchev–Trinajstić information content (AvgIpc) is 3.23. The van der Waals surface area contributed by atoms with Gasteiger partial charge in [0, 0.05) is 16.8 Å². The number of anilines is 2. The Morgan fingerprint density at radius 3 is 2.81 bits per heavy atom. The van der Waals surface area contributed by atoms with Crippen LogP contribution >= 0.6 is 11.3 Å². The van der Waals surface area contributed by atoms with Gasteiger partial charge in [-0.2, -0.15) is 5.10 Å². The van der Waals surface area contributed by atoms with Gasteiger partial charge in [-0.05, 0) is 44.2 Å². The maximum absolute atomic E-state index is 12.5. The summed E-state index contributed by atoms with van der Waals surface area (Å²) in [7, 11) is 0. The molecule has 0 aliphatic heterocycles. The van der Waals surface area contributed by atoms with E-state index in [2.05, 4.69) is 20.8 Å². The maximum atomic E-state index is 12.5. The molecule has 0 aliphatic carbocycles. The first-order chi connectivity index (χ1) is 12.6. The number of hydrogen-bond donors (Lipinski definition) is 2. The topological polar surface area (TPSA) is 79.5 Å². The van der Waals surface area contributed by atoms with Gasteiger partial charge in [0.05, 0.1) is 10.2 Å². The molecule has 0 fully saturated rings. The van der Waals surface area contributed by atoms with E-state index in [9.17, 15) is 4.79 Å². The van der Waals surface area contributed by atoms with Crippen molar-refractivity contribution in [3.63, 3.8) is 0 Å². The van der Waals surface area contributed by atoms with Gasteiger partial charge in [-0.25, -0.2) is 4.98 Å². The summed E-state index contributed by atoms with van der Waals surface area (Å²) in [6.45, 7) is 3.82. The molecule has 6 nitrogen and oxygen atoms in total. The van der Waals surface area contributed by atoms with Crippen molar-refractivity contribution < 1.29 is 9.21 Å². The van der Waals surface area contributed by atoms with Gasteiger partial charge in [0.15, 0.2) is 5.76 Å². The van der Waals surface area contributed by atoms with Gasteiger partial charge >= 0.3 is 0 Å². The van der Waals surface area contributed by atoms with Crippen LogP contribution in [0.1, 0.15) is 24.4 Å². The number of aromatic nitrogens is 1. The summed E-state index contributed by atoms with van der Waals surface area (Å²) in [6, 6.07) is 14.9. The zero-order chi connectivity index (χ0) is 18.1. The van der Waals surface area contributed by atoms with Gasteiger partial charge in [0.25, 0.3) is 5.91 Å². The molecule has 0 spiro atoms. The van der Waals surface area contributed by atoms with E-state index >= 15 is 0 Å². The fraction of sp³-hybridized carbons (Fsp3) is 0.105. The van der Waals surface area contributed by atoms with Gasteiger partial charge in [0.1, 0.15) is 5.58 Å². The third-order valence-electron chi connectivity index (χ3n) is 3.67. The van der Waals surface area contributed by atoms with Crippen molar-refractivity contribution in [3.8, 4) is 0 Å². The molecule has 4 rings (SSSR count). The minimum Gasteiger partial charge on any atom is -0.451 e. The SMILES string of the molecule is CC(C)=NNc1nc2ccc(NC(=O)c3cc4ccccc4o3)cc2s1. The fourth-order valence-electron chi connectivity index (χ4n) is 2.50. The van der Waals surface area contributed by atoms with Crippen molar-refractivity contribution in [1.82, 2.24) is 4.98 Å². The largest absolute Gasteiger partial charge is 0.451 e. The Hall–Kier alpha value is -3.19. The number of hydrogen-bond acceptors (Lipinski definition) is 6. The molecule has 0 bridgehead atoms. The molecule has 26 heavy (non-hydrogen) atoms. The van der Waals surface area contributed by atoms with E-state index in [1.807, 2.05) is 56.3 Å². The van der Waals surface area contributed by atoms with E-state index < -0.39 is 0 Å². The third-order valence-corrected chi connectivity index (χ3v) is 4.59. The summed E-state index contributed by atoms with van der Waals surface area (Å²) >= 11 is 1.48. The molecule has 130 valence electrons. The Morgan fingerprint density at radius 2 is 2.00 bits per heavy atom. The van der Waals surface area contributed by atoms with Crippen LogP contribution in [0.4, 0.5) is 10.8 Å². The number of nitrogens with one attached hydrogen (secondary N) is 2. The van der Waals surface area contributed by atoms with E-state index in [1.165, 1.54) is 11.3 Å². The first-order valence-electron chi connectivity index (χ1n) is 8.06. The van der Waals surface area contributed by atoms with E-state index in [4.69, 9.17) is 4.42 Å². The number of thiazole rings is 1. The first kappa shape index (κ1) is 16.3. The standard InChI is InChI=1S/C19H16N4O2S/c1-11(2)22-23-19-21-14-8-7-13(10-17(14)26-19)20-18(24)16-9-12-5-3-4-6-15(12)25-16/h3-10H,1-2H3,(H,20,24)(H,21,23).